The van der Waals surface area contributed by atoms with Crippen molar-refractivity contribution in [2.45, 2.75) is 19.1 Å². The van der Waals surface area contributed by atoms with E-state index in [9.17, 15) is 5.11 Å². The van der Waals surface area contributed by atoms with Crippen molar-refractivity contribution in [2.24, 2.45) is 0 Å². The van der Waals surface area contributed by atoms with Crippen LogP contribution in [0.25, 0.3) is 0 Å². The summed E-state index contributed by atoms with van der Waals surface area (Å²) in [4.78, 5) is 2.20. The quantitative estimate of drug-likeness (QED) is 0.536. The van der Waals surface area contributed by atoms with Gasteiger partial charge in [-0.05, 0) is 73.6 Å². The third kappa shape index (κ3) is 3.85. The summed E-state index contributed by atoms with van der Waals surface area (Å²) in [5.74, 6) is 3.42. The highest BCUT2D eigenvalue weighted by Crippen LogP contribution is 2.41. The minimum absolute atomic E-state index is 0.443. The molecule has 0 bridgehead atoms. The second kappa shape index (κ2) is 8.88. The number of rotatable bonds is 6. The lowest BCUT2D eigenvalue weighted by atomic mass is 10.0. The van der Waals surface area contributed by atoms with Gasteiger partial charge in [0.15, 0.2) is 18.0 Å². The lowest BCUT2D eigenvalue weighted by molar-refractivity contribution is -0.656. The lowest BCUT2D eigenvalue weighted by Gasteiger charge is -2.24. The second-order valence-electron chi connectivity index (χ2n) is 7.88. The van der Waals surface area contributed by atoms with Crippen LogP contribution in [0.3, 0.4) is 0 Å². The van der Waals surface area contributed by atoms with Crippen molar-refractivity contribution in [3.05, 3.63) is 84.4 Å². The van der Waals surface area contributed by atoms with E-state index in [1.165, 1.54) is 0 Å². The maximum Gasteiger partial charge on any atom is 0.316 e. The van der Waals surface area contributed by atoms with Gasteiger partial charge in [-0.25, -0.2) is 9.48 Å². The number of para-hydroxylation sites is 3. The predicted octanol–water partition coefficient (Wildman–Crippen LogP) is 5.05. The van der Waals surface area contributed by atoms with Crippen molar-refractivity contribution in [1.29, 1.82) is 0 Å². The van der Waals surface area contributed by atoms with Crippen LogP contribution in [-0.4, -0.2) is 40.3 Å². The van der Waals surface area contributed by atoms with E-state index in [0.29, 0.717) is 13.2 Å². The number of β-amino-alcohol motifs (C(OH)–C–C–N with tert-alkyl or cyclic N) is 1. The Kier molecular flexibility index (Phi) is 5.81. The van der Waals surface area contributed by atoms with E-state index in [1.54, 1.807) is 11.8 Å². The molecule has 0 unspecified atom stereocenters. The van der Waals surface area contributed by atoms with E-state index in [2.05, 4.69) is 15.5 Å². The summed E-state index contributed by atoms with van der Waals surface area (Å²) < 4.78 is 14.0. The van der Waals surface area contributed by atoms with E-state index in [1.807, 2.05) is 79.7 Å². The van der Waals surface area contributed by atoms with E-state index < -0.39 is 5.72 Å². The number of aliphatic hydroxyl groups is 1. The van der Waals surface area contributed by atoms with Gasteiger partial charge in [0.05, 0.1) is 13.2 Å². The first-order chi connectivity index (χ1) is 15.7. The number of thioether (sulfide) groups is 1. The predicted molar refractivity (Wildman–Crippen MR) is 129 cm³/mol. The summed E-state index contributed by atoms with van der Waals surface area (Å²) in [6.07, 6.45) is 1.03. The van der Waals surface area contributed by atoms with Crippen LogP contribution in [0.1, 0.15) is 18.9 Å². The van der Waals surface area contributed by atoms with Gasteiger partial charge < -0.3 is 14.6 Å². The molecule has 5 nitrogen and oxygen atoms in total. The Morgan fingerprint density at radius 3 is 2.47 bits per heavy atom. The molecule has 0 spiro atoms. The van der Waals surface area contributed by atoms with Crippen LogP contribution < -0.4 is 14.4 Å². The first-order valence-electron chi connectivity index (χ1n) is 11.0. The Labute approximate surface area is 192 Å². The van der Waals surface area contributed by atoms with Gasteiger partial charge in [-0.2, -0.15) is 0 Å². The van der Waals surface area contributed by atoms with Gasteiger partial charge in [0.25, 0.3) is 5.72 Å². The molecule has 5 rings (SSSR count). The highest BCUT2D eigenvalue weighted by atomic mass is 32.2. The highest BCUT2D eigenvalue weighted by Gasteiger charge is 2.53. The highest BCUT2D eigenvalue weighted by molar-refractivity contribution is 8.13. The molecule has 6 heteroatoms. The number of hydrogen-bond acceptors (Lipinski definition) is 5. The van der Waals surface area contributed by atoms with Gasteiger partial charge in [0.1, 0.15) is 11.5 Å². The van der Waals surface area contributed by atoms with E-state index in [-0.39, 0.29) is 0 Å². The first kappa shape index (κ1) is 20.9. The Morgan fingerprint density at radius 1 is 0.969 bits per heavy atom. The number of nitrogens with zero attached hydrogens (tertiary/aromatic N) is 2. The van der Waals surface area contributed by atoms with Crippen molar-refractivity contribution in [2.75, 3.05) is 30.3 Å². The van der Waals surface area contributed by atoms with Crippen LogP contribution in [0.2, 0.25) is 0 Å². The Morgan fingerprint density at radius 2 is 1.69 bits per heavy atom. The molecule has 2 heterocycles. The van der Waals surface area contributed by atoms with Crippen molar-refractivity contribution in [1.82, 2.24) is 0 Å². The molecule has 1 atom stereocenters. The van der Waals surface area contributed by atoms with Gasteiger partial charge in [0.2, 0.25) is 0 Å². The molecule has 0 aliphatic carbocycles. The van der Waals surface area contributed by atoms with Gasteiger partial charge in [0, 0.05) is 11.3 Å². The average molecular weight is 448 g/mol. The minimum atomic E-state index is -1.12. The molecular formula is C26H27N2O3S+. The fourth-order valence-corrected chi connectivity index (χ4v) is 5.48. The number of ether oxygens (including phenoxy) is 2. The third-order valence-electron chi connectivity index (χ3n) is 5.80. The summed E-state index contributed by atoms with van der Waals surface area (Å²) in [6, 6.07) is 25.6. The first-order valence-corrected chi connectivity index (χ1v) is 12.0. The Hall–Kier alpha value is -2.96. The van der Waals surface area contributed by atoms with Gasteiger partial charge in [-0.1, -0.05) is 30.3 Å². The number of anilines is 1. The van der Waals surface area contributed by atoms with Gasteiger partial charge in [-0.15, -0.1) is 0 Å². The van der Waals surface area contributed by atoms with Crippen LogP contribution in [-0.2, 0) is 5.72 Å². The zero-order valence-corrected chi connectivity index (χ0v) is 18.9. The molecular weight excluding hydrogens is 420 g/mol. The molecule has 32 heavy (non-hydrogen) atoms. The zero-order valence-electron chi connectivity index (χ0n) is 18.1. The van der Waals surface area contributed by atoms with Crippen LogP contribution in [0.15, 0.2) is 78.9 Å². The van der Waals surface area contributed by atoms with Gasteiger partial charge >= 0.3 is 5.17 Å². The summed E-state index contributed by atoms with van der Waals surface area (Å²) in [7, 11) is 0. The molecule has 3 aromatic rings. The van der Waals surface area contributed by atoms with E-state index in [4.69, 9.17) is 9.47 Å². The monoisotopic (exact) mass is 447 g/mol. The summed E-state index contributed by atoms with van der Waals surface area (Å²) >= 11 is 1.79. The topological polar surface area (TPSA) is 44.9 Å². The molecule has 0 amide bonds. The second-order valence-corrected chi connectivity index (χ2v) is 8.94. The maximum atomic E-state index is 12.0. The summed E-state index contributed by atoms with van der Waals surface area (Å²) in [6.45, 7) is 3.85. The number of hydrogen-bond donors (Lipinski definition) is 1. The van der Waals surface area contributed by atoms with Crippen LogP contribution in [0, 0.1) is 0 Å². The third-order valence-corrected chi connectivity index (χ3v) is 6.99. The fraction of sp³-hybridized carbons (Fsp3) is 0.269. The van der Waals surface area contributed by atoms with Crippen LogP contribution in [0.5, 0.6) is 17.2 Å². The van der Waals surface area contributed by atoms with Crippen molar-refractivity contribution in [3.63, 3.8) is 0 Å². The molecule has 2 aliphatic rings. The summed E-state index contributed by atoms with van der Waals surface area (Å²) in [5.41, 5.74) is 0.728. The average Bonchev–Trinajstić information content (AvgIpc) is 3.15. The molecule has 164 valence electrons. The molecule has 0 radical (unpaired) electrons. The minimum Gasteiger partial charge on any atom is -0.489 e. The number of amidine groups is 1. The van der Waals surface area contributed by atoms with Crippen molar-refractivity contribution < 1.29 is 19.2 Å². The number of benzene rings is 3. The van der Waals surface area contributed by atoms with Crippen LogP contribution in [0.4, 0.5) is 5.69 Å². The molecule has 3 aromatic carbocycles. The maximum absolute atomic E-state index is 12.0. The largest absolute Gasteiger partial charge is 0.489 e. The molecule has 0 fully saturated rings. The van der Waals surface area contributed by atoms with Gasteiger partial charge in [-0.3, -0.25) is 0 Å². The zero-order chi connectivity index (χ0) is 22.0. The smallest absolute Gasteiger partial charge is 0.316 e. The van der Waals surface area contributed by atoms with E-state index >= 15 is 0 Å². The lowest BCUT2D eigenvalue weighted by Crippen LogP contribution is -2.41. The molecule has 0 aromatic heterocycles. The molecule has 2 aliphatic heterocycles. The fourth-order valence-electron chi connectivity index (χ4n) is 4.31. The van der Waals surface area contributed by atoms with E-state index in [0.717, 1.165) is 52.4 Å². The SMILES string of the molecule is CCOc1ccccc1N1C[C@@](O)(c2ccc(Oc3ccccc3)cc2)[N+]2=C1SCCC2. The Bertz CT molecular complexity index is 1120. The molecule has 1 N–H and O–H groups in total. The van der Waals surface area contributed by atoms with Crippen LogP contribution >= 0.6 is 11.8 Å². The molecule has 0 saturated carbocycles. The summed E-state index contributed by atoms with van der Waals surface area (Å²) in [5, 5.41) is 13.0. The Balaban J connectivity index is 1.47. The standard InChI is InChI=1S/C26H27N2O3S/c1-2-30-24-12-7-6-11-23(24)27-19-26(29,28-17-8-18-32-25(27)28)20-13-15-22(16-14-20)31-21-9-4-3-5-10-21/h3-7,9-16,29H,2,8,17-19H2,1H3/q+1/t26-/m1/s1. The molecule has 0 saturated heterocycles. The van der Waals surface area contributed by atoms with Crippen molar-refractivity contribution >= 4 is 22.6 Å². The normalized spacial score (nSPS) is 20.2. The van der Waals surface area contributed by atoms with Crippen molar-refractivity contribution in [3.8, 4) is 17.2 Å².